The van der Waals surface area contributed by atoms with E-state index >= 15 is 0 Å². The molecule has 2 aromatic carbocycles. The van der Waals surface area contributed by atoms with Crippen LogP contribution < -0.4 is 10.6 Å². The number of nitrogens with one attached hydrogen (secondary N) is 2. The van der Waals surface area contributed by atoms with Crippen molar-refractivity contribution in [3.05, 3.63) is 63.6 Å². The minimum atomic E-state index is -4.48. The third-order valence-electron chi connectivity index (χ3n) is 3.09. The molecule has 0 heterocycles. The average Bonchev–Trinajstić information content (AvgIpc) is 2.54. The van der Waals surface area contributed by atoms with Gasteiger partial charge in [0.15, 0.2) is 0 Å². The third-order valence-corrected chi connectivity index (χ3v) is 3.64. The van der Waals surface area contributed by atoms with Crippen LogP contribution >= 0.6 is 23.2 Å². The number of alkyl halides is 3. The van der Waals surface area contributed by atoms with Gasteiger partial charge in [0, 0.05) is 10.6 Å². The van der Waals surface area contributed by atoms with Crippen LogP contribution in [0.25, 0.3) is 0 Å². The molecule has 0 atom stereocenters. The lowest BCUT2D eigenvalue weighted by Gasteiger charge is -2.10. The maximum absolute atomic E-state index is 12.5. The molecule has 132 valence electrons. The highest BCUT2D eigenvalue weighted by Gasteiger charge is 2.30. The van der Waals surface area contributed by atoms with E-state index in [0.29, 0.717) is 10.7 Å². The van der Waals surface area contributed by atoms with Crippen LogP contribution in [0.4, 0.5) is 18.9 Å². The molecule has 25 heavy (non-hydrogen) atoms. The van der Waals surface area contributed by atoms with Gasteiger partial charge in [-0.05, 0) is 42.5 Å². The van der Waals surface area contributed by atoms with E-state index in [1.807, 2.05) is 0 Å². The van der Waals surface area contributed by atoms with Crippen molar-refractivity contribution in [2.24, 2.45) is 0 Å². The van der Waals surface area contributed by atoms with Gasteiger partial charge in [0.2, 0.25) is 5.91 Å². The van der Waals surface area contributed by atoms with Gasteiger partial charge in [0.1, 0.15) is 0 Å². The Morgan fingerprint density at radius 2 is 1.64 bits per heavy atom. The van der Waals surface area contributed by atoms with Crippen molar-refractivity contribution in [2.75, 3.05) is 11.9 Å². The fraction of sp³-hybridized carbons (Fsp3) is 0.125. The number of carbonyl (C=O) groups is 2. The molecule has 0 saturated carbocycles. The van der Waals surface area contributed by atoms with Crippen LogP contribution in [-0.4, -0.2) is 18.4 Å². The van der Waals surface area contributed by atoms with E-state index in [-0.39, 0.29) is 17.1 Å². The Morgan fingerprint density at radius 3 is 2.20 bits per heavy atom. The Bertz CT molecular complexity index is 793. The molecular weight excluding hydrogens is 380 g/mol. The van der Waals surface area contributed by atoms with E-state index in [4.69, 9.17) is 23.2 Å². The van der Waals surface area contributed by atoms with Crippen molar-refractivity contribution >= 4 is 40.7 Å². The zero-order valence-electron chi connectivity index (χ0n) is 12.5. The summed E-state index contributed by atoms with van der Waals surface area (Å²) in [4.78, 5) is 23.7. The first-order chi connectivity index (χ1) is 11.7. The van der Waals surface area contributed by atoms with E-state index in [0.717, 1.165) is 24.3 Å². The summed E-state index contributed by atoms with van der Waals surface area (Å²) >= 11 is 11.6. The van der Waals surface area contributed by atoms with Gasteiger partial charge >= 0.3 is 6.18 Å². The average molecular weight is 391 g/mol. The topological polar surface area (TPSA) is 58.2 Å². The lowest BCUT2D eigenvalue weighted by atomic mass is 10.1. The molecule has 0 fully saturated rings. The molecule has 4 nitrogen and oxygen atoms in total. The van der Waals surface area contributed by atoms with Crippen molar-refractivity contribution in [2.45, 2.75) is 6.18 Å². The molecule has 0 radical (unpaired) electrons. The molecule has 0 aliphatic rings. The highest BCUT2D eigenvalue weighted by Crippen LogP contribution is 2.29. The number of hydrogen-bond donors (Lipinski definition) is 2. The number of rotatable bonds is 4. The maximum Gasteiger partial charge on any atom is 0.416 e. The van der Waals surface area contributed by atoms with Crippen molar-refractivity contribution in [3.8, 4) is 0 Å². The predicted molar refractivity (Wildman–Crippen MR) is 88.9 cm³/mol. The molecular formula is C16H11Cl2F3N2O2. The highest BCUT2D eigenvalue weighted by molar-refractivity contribution is 6.36. The number of benzene rings is 2. The molecule has 0 aliphatic heterocycles. The van der Waals surface area contributed by atoms with Crippen LogP contribution in [0.1, 0.15) is 15.9 Å². The Kier molecular flexibility index (Phi) is 5.92. The Labute approximate surface area is 150 Å². The first-order valence-electron chi connectivity index (χ1n) is 6.87. The molecule has 2 amide bonds. The lowest BCUT2D eigenvalue weighted by Crippen LogP contribution is -2.32. The van der Waals surface area contributed by atoms with E-state index in [2.05, 4.69) is 10.6 Å². The van der Waals surface area contributed by atoms with Gasteiger partial charge in [-0.15, -0.1) is 0 Å². The molecule has 0 spiro atoms. The van der Waals surface area contributed by atoms with Gasteiger partial charge in [0.05, 0.1) is 22.8 Å². The highest BCUT2D eigenvalue weighted by atomic mass is 35.5. The summed E-state index contributed by atoms with van der Waals surface area (Å²) in [5, 5.41) is 5.42. The van der Waals surface area contributed by atoms with Gasteiger partial charge in [-0.3, -0.25) is 9.59 Å². The molecule has 0 unspecified atom stereocenters. The molecule has 2 aromatic rings. The second-order valence-electron chi connectivity index (χ2n) is 4.93. The SMILES string of the molecule is O=C(CNC(=O)c1ccc(C(F)(F)F)cc1)Nc1ccc(Cl)cc1Cl. The fourth-order valence-corrected chi connectivity index (χ4v) is 2.31. The van der Waals surface area contributed by atoms with Gasteiger partial charge in [-0.1, -0.05) is 23.2 Å². The smallest absolute Gasteiger partial charge is 0.343 e. The number of halogens is 5. The van der Waals surface area contributed by atoms with Crippen molar-refractivity contribution in [3.63, 3.8) is 0 Å². The van der Waals surface area contributed by atoms with Crippen molar-refractivity contribution in [1.82, 2.24) is 5.32 Å². The van der Waals surface area contributed by atoms with Gasteiger partial charge in [-0.2, -0.15) is 13.2 Å². The van der Waals surface area contributed by atoms with E-state index in [9.17, 15) is 22.8 Å². The first kappa shape index (κ1) is 19.1. The summed E-state index contributed by atoms with van der Waals surface area (Å²) in [5.41, 5.74) is -0.538. The van der Waals surface area contributed by atoms with Gasteiger partial charge in [-0.25, -0.2) is 0 Å². The summed E-state index contributed by atoms with van der Waals surface area (Å²) in [6.07, 6.45) is -4.48. The van der Waals surface area contributed by atoms with Gasteiger partial charge in [0.25, 0.3) is 5.91 Å². The predicted octanol–water partition coefficient (Wildman–Crippen LogP) is 4.38. The largest absolute Gasteiger partial charge is 0.416 e. The molecule has 0 saturated heterocycles. The molecule has 2 rings (SSSR count). The zero-order valence-corrected chi connectivity index (χ0v) is 14.0. The second-order valence-corrected chi connectivity index (χ2v) is 5.77. The lowest BCUT2D eigenvalue weighted by molar-refractivity contribution is -0.137. The maximum atomic E-state index is 12.5. The third kappa shape index (κ3) is 5.37. The first-order valence-corrected chi connectivity index (χ1v) is 7.63. The molecule has 0 aliphatic carbocycles. The number of amides is 2. The minimum Gasteiger partial charge on any atom is -0.343 e. The molecule has 2 N–H and O–H groups in total. The fourth-order valence-electron chi connectivity index (χ4n) is 1.86. The normalized spacial score (nSPS) is 11.1. The summed E-state index contributed by atoms with van der Waals surface area (Å²) in [6, 6.07) is 8.13. The van der Waals surface area contributed by atoms with Crippen LogP contribution in [-0.2, 0) is 11.0 Å². The van der Waals surface area contributed by atoms with Crippen LogP contribution in [0, 0.1) is 0 Å². The second kappa shape index (κ2) is 7.76. The molecule has 0 aromatic heterocycles. The van der Waals surface area contributed by atoms with E-state index in [1.165, 1.54) is 18.2 Å². The van der Waals surface area contributed by atoms with E-state index < -0.39 is 23.6 Å². The summed E-state index contributed by atoms with van der Waals surface area (Å²) in [6.45, 7) is -0.376. The Hall–Kier alpha value is -2.25. The van der Waals surface area contributed by atoms with Crippen LogP contribution in [0.2, 0.25) is 10.0 Å². The van der Waals surface area contributed by atoms with E-state index in [1.54, 1.807) is 0 Å². The Morgan fingerprint density at radius 1 is 1.00 bits per heavy atom. The number of hydrogen-bond acceptors (Lipinski definition) is 2. The molecule has 9 heteroatoms. The quantitative estimate of drug-likeness (QED) is 0.813. The van der Waals surface area contributed by atoms with Crippen molar-refractivity contribution in [1.29, 1.82) is 0 Å². The standard InChI is InChI=1S/C16H11Cl2F3N2O2/c17-11-5-6-13(12(18)7-11)23-14(24)8-22-15(25)9-1-3-10(4-2-9)16(19,20)21/h1-7H,8H2,(H,22,25)(H,23,24). The molecule has 0 bridgehead atoms. The number of carbonyl (C=O) groups excluding carboxylic acids is 2. The summed E-state index contributed by atoms with van der Waals surface area (Å²) in [5.74, 6) is -1.23. The monoisotopic (exact) mass is 390 g/mol. The van der Waals surface area contributed by atoms with Crippen LogP contribution in [0.15, 0.2) is 42.5 Å². The minimum absolute atomic E-state index is 0.00493. The number of anilines is 1. The summed E-state index contributed by atoms with van der Waals surface area (Å²) in [7, 11) is 0. The Balaban J connectivity index is 1.92. The van der Waals surface area contributed by atoms with Crippen LogP contribution in [0.5, 0.6) is 0 Å². The van der Waals surface area contributed by atoms with Gasteiger partial charge < -0.3 is 10.6 Å². The zero-order chi connectivity index (χ0) is 18.6. The van der Waals surface area contributed by atoms with Crippen molar-refractivity contribution < 1.29 is 22.8 Å². The van der Waals surface area contributed by atoms with Crippen LogP contribution in [0.3, 0.4) is 0 Å². The summed E-state index contributed by atoms with van der Waals surface area (Å²) < 4.78 is 37.4.